The Bertz CT molecular complexity index is 1090. The molecule has 0 amide bonds. The fraction of sp³-hybridized carbons (Fsp3) is 0.360. The van der Waals surface area contributed by atoms with E-state index in [4.69, 9.17) is 25.7 Å². The van der Waals surface area contributed by atoms with Crippen molar-refractivity contribution < 1.29 is 18.6 Å². The standard InChI is InChI=1S/C25H32FN5O3/c1-5-34-21-13-18(23(33-4)19-14-29-25(28)30-24(19)27)12-20(32-3)22(21)17-8-6-16(7-9-17)15-31(2)11-10-26/h6-9,12-14,23H,5,10-11,15H2,1-4H3,(H4,27,28,29,30). The highest BCUT2D eigenvalue weighted by atomic mass is 19.1. The van der Waals surface area contributed by atoms with Gasteiger partial charge in [-0.05, 0) is 42.8 Å². The molecule has 0 radical (unpaired) electrons. The van der Waals surface area contributed by atoms with Crippen LogP contribution in [-0.4, -0.2) is 56.0 Å². The lowest BCUT2D eigenvalue weighted by Crippen LogP contribution is -2.20. The second-order valence-corrected chi connectivity index (χ2v) is 7.84. The van der Waals surface area contributed by atoms with Crippen LogP contribution in [-0.2, 0) is 11.3 Å². The summed E-state index contributed by atoms with van der Waals surface area (Å²) in [6, 6.07) is 11.9. The van der Waals surface area contributed by atoms with Gasteiger partial charge >= 0.3 is 0 Å². The fourth-order valence-corrected chi connectivity index (χ4v) is 3.85. The number of hydrogen-bond donors (Lipinski definition) is 2. The number of nitrogens with two attached hydrogens (primary N) is 2. The van der Waals surface area contributed by atoms with E-state index >= 15 is 0 Å². The Kier molecular flexibility index (Phi) is 8.61. The second kappa shape index (κ2) is 11.6. The molecule has 0 aliphatic carbocycles. The van der Waals surface area contributed by atoms with E-state index in [0.717, 1.165) is 22.3 Å². The number of rotatable bonds is 11. The summed E-state index contributed by atoms with van der Waals surface area (Å²) in [4.78, 5) is 10.1. The van der Waals surface area contributed by atoms with E-state index in [1.807, 2.05) is 55.3 Å². The van der Waals surface area contributed by atoms with Crippen LogP contribution in [0.15, 0.2) is 42.6 Å². The summed E-state index contributed by atoms with van der Waals surface area (Å²) in [5.74, 6) is 1.61. The van der Waals surface area contributed by atoms with Crippen molar-refractivity contribution in [1.29, 1.82) is 0 Å². The lowest BCUT2D eigenvalue weighted by molar-refractivity contribution is 0.136. The zero-order chi connectivity index (χ0) is 24.7. The van der Waals surface area contributed by atoms with E-state index in [1.54, 1.807) is 20.4 Å². The van der Waals surface area contributed by atoms with E-state index in [-0.39, 0.29) is 18.4 Å². The molecule has 0 saturated heterocycles. The molecule has 182 valence electrons. The molecule has 1 heterocycles. The summed E-state index contributed by atoms with van der Waals surface area (Å²) in [5.41, 5.74) is 16.0. The molecule has 0 aliphatic rings. The average Bonchev–Trinajstić information content (AvgIpc) is 2.81. The highest BCUT2D eigenvalue weighted by Crippen LogP contribution is 2.43. The van der Waals surface area contributed by atoms with Crippen molar-refractivity contribution in [2.75, 3.05) is 52.6 Å². The van der Waals surface area contributed by atoms with Crippen LogP contribution in [0.4, 0.5) is 16.2 Å². The van der Waals surface area contributed by atoms with Crippen LogP contribution in [0.25, 0.3) is 11.1 Å². The van der Waals surface area contributed by atoms with Crippen molar-refractivity contribution in [2.45, 2.75) is 19.6 Å². The van der Waals surface area contributed by atoms with Crippen molar-refractivity contribution in [3.05, 3.63) is 59.3 Å². The van der Waals surface area contributed by atoms with Crippen LogP contribution in [0, 0.1) is 0 Å². The zero-order valence-corrected chi connectivity index (χ0v) is 20.0. The number of benzene rings is 2. The molecule has 0 aliphatic heterocycles. The third kappa shape index (κ3) is 5.73. The molecule has 8 nitrogen and oxygen atoms in total. The monoisotopic (exact) mass is 469 g/mol. The number of halogens is 1. The summed E-state index contributed by atoms with van der Waals surface area (Å²) < 4.78 is 30.1. The molecule has 3 rings (SSSR count). The van der Waals surface area contributed by atoms with Gasteiger partial charge in [0.2, 0.25) is 5.95 Å². The highest BCUT2D eigenvalue weighted by Gasteiger charge is 2.23. The number of ether oxygens (including phenoxy) is 3. The fourth-order valence-electron chi connectivity index (χ4n) is 3.85. The molecular formula is C25H32FN5O3. The summed E-state index contributed by atoms with van der Waals surface area (Å²) in [7, 11) is 5.09. The van der Waals surface area contributed by atoms with Crippen molar-refractivity contribution in [3.8, 4) is 22.6 Å². The van der Waals surface area contributed by atoms with Gasteiger partial charge in [-0.3, -0.25) is 4.90 Å². The topological polar surface area (TPSA) is 109 Å². The van der Waals surface area contributed by atoms with Gasteiger partial charge in [-0.1, -0.05) is 24.3 Å². The van der Waals surface area contributed by atoms with Gasteiger partial charge < -0.3 is 25.7 Å². The molecule has 1 unspecified atom stereocenters. The lowest BCUT2D eigenvalue weighted by Gasteiger charge is -2.22. The Hall–Kier alpha value is -3.43. The maximum atomic E-state index is 12.6. The molecule has 2 aromatic carbocycles. The number of nitrogen functional groups attached to an aromatic ring is 2. The SMILES string of the molecule is CCOc1cc(C(OC)c2cnc(N)nc2N)cc(OC)c1-c1ccc(CN(C)CCF)cc1. The van der Waals surface area contributed by atoms with Crippen molar-refractivity contribution in [2.24, 2.45) is 0 Å². The number of hydrogen-bond acceptors (Lipinski definition) is 8. The maximum absolute atomic E-state index is 12.6. The van der Waals surface area contributed by atoms with E-state index in [0.29, 0.717) is 36.8 Å². The molecule has 0 spiro atoms. The van der Waals surface area contributed by atoms with Gasteiger partial charge in [0.1, 0.15) is 30.1 Å². The molecule has 1 atom stereocenters. The van der Waals surface area contributed by atoms with Crippen molar-refractivity contribution in [3.63, 3.8) is 0 Å². The van der Waals surface area contributed by atoms with E-state index in [9.17, 15) is 4.39 Å². The third-order valence-electron chi connectivity index (χ3n) is 5.46. The molecule has 0 fully saturated rings. The minimum Gasteiger partial charge on any atom is -0.496 e. The summed E-state index contributed by atoms with van der Waals surface area (Å²) in [6.07, 6.45) is 1.02. The van der Waals surface area contributed by atoms with Crippen LogP contribution in [0.1, 0.15) is 29.7 Å². The van der Waals surface area contributed by atoms with Gasteiger partial charge in [-0.25, -0.2) is 9.37 Å². The van der Waals surface area contributed by atoms with Gasteiger partial charge in [-0.2, -0.15) is 4.98 Å². The van der Waals surface area contributed by atoms with Gasteiger partial charge in [-0.15, -0.1) is 0 Å². The molecule has 34 heavy (non-hydrogen) atoms. The first-order valence-corrected chi connectivity index (χ1v) is 11.0. The van der Waals surface area contributed by atoms with Crippen LogP contribution >= 0.6 is 0 Å². The maximum Gasteiger partial charge on any atom is 0.221 e. The first-order chi connectivity index (χ1) is 16.4. The van der Waals surface area contributed by atoms with Crippen LogP contribution in [0.3, 0.4) is 0 Å². The first-order valence-electron chi connectivity index (χ1n) is 11.0. The Morgan fingerprint density at radius 2 is 1.79 bits per heavy atom. The Morgan fingerprint density at radius 3 is 2.38 bits per heavy atom. The summed E-state index contributed by atoms with van der Waals surface area (Å²) in [6.45, 7) is 3.09. The van der Waals surface area contributed by atoms with Crippen LogP contribution < -0.4 is 20.9 Å². The van der Waals surface area contributed by atoms with Crippen molar-refractivity contribution >= 4 is 11.8 Å². The van der Waals surface area contributed by atoms with Gasteiger partial charge in [0.05, 0.1) is 19.3 Å². The minimum atomic E-state index is -0.545. The molecule has 9 heteroatoms. The Morgan fingerprint density at radius 1 is 1.09 bits per heavy atom. The molecule has 3 aromatic rings. The zero-order valence-electron chi connectivity index (χ0n) is 20.0. The minimum absolute atomic E-state index is 0.0957. The molecule has 1 aromatic heterocycles. The van der Waals surface area contributed by atoms with Gasteiger partial charge in [0, 0.05) is 32.0 Å². The average molecular weight is 470 g/mol. The largest absolute Gasteiger partial charge is 0.496 e. The predicted octanol–water partition coefficient (Wildman–Crippen LogP) is 3.85. The first kappa shape index (κ1) is 25.2. The number of methoxy groups -OCH3 is 2. The Balaban J connectivity index is 2.04. The van der Waals surface area contributed by atoms with Crippen LogP contribution in [0.2, 0.25) is 0 Å². The highest BCUT2D eigenvalue weighted by molar-refractivity contribution is 5.78. The number of anilines is 2. The molecular weight excluding hydrogens is 437 g/mol. The summed E-state index contributed by atoms with van der Waals surface area (Å²) in [5, 5.41) is 0. The quantitative estimate of drug-likeness (QED) is 0.436. The van der Waals surface area contributed by atoms with E-state index < -0.39 is 6.10 Å². The van der Waals surface area contributed by atoms with E-state index in [1.165, 1.54) is 0 Å². The number of nitrogens with zero attached hydrogens (tertiary/aromatic N) is 3. The molecule has 0 saturated carbocycles. The second-order valence-electron chi connectivity index (χ2n) is 7.84. The molecule has 0 bridgehead atoms. The van der Waals surface area contributed by atoms with Gasteiger partial charge in [0.15, 0.2) is 0 Å². The van der Waals surface area contributed by atoms with E-state index in [2.05, 4.69) is 9.97 Å². The third-order valence-corrected chi connectivity index (χ3v) is 5.46. The lowest BCUT2D eigenvalue weighted by atomic mass is 9.96. The normalized spacial score (nSPS) is 12.1. The van der Waals surface area contributed by atoms with Crippen molar-refractivity contribution in [1.82, 2.24) is 14.9 Å². The summed E-state index contributed by atoms with van der Waals surface area (Å²) >= 11 is 0. The molecule has 4 N–H and O–H groups in total. The smallest absolute Gasteiger partial charge is 0.221 e. The van der Waals surface area contributed by atoms with Crippen LogP contribution in [0.5, 0.6) is 11.5 Å². The number of aromatic nitrogens is 2. The number of alkyl halides is 1. The van der Waals surface area contributed by atoms with Gasteiger partial charge in [0.25, 0.3) is 0 Å². The Labute approximate surface area is 199 Å². The predicted molar refractivity (Wildman–Crippen MR) is 132 cm³/mol.